The highest BCUT2D eigenvalue weighted by atomic mass is 35.5. The van der Waals surface area contributed by atoms with E-state index in [2.05, 4.69) is 5.32 Å². The number of para-hydroxylation sites is 1. The summed E-state index contributed by atoms with van der Waals surface area (Å²) >= 11 is 6.06. The summed E-state index contributed by atoms with van der Waals surface area (Å²) in [4.78, 5) is 26.1. The fourth-order valence-corrected chi connectivity index (χ4v) is 2.92. The Bertz CT molecular complexity index is 773. The largest absolute Gasteiger partial charge is 0.324 e. The predicted octanol–water partition coefficient (Wildman–Crippen LogP) is 3.57. The first-order valence-corrected chi connectivity index (χ1v) is 7.87. The molecule has 1 heterocycles. The number of fused-ring (bicyclic) bond motifs is 1. The van der Waals surface area contributed by atoms with Gasteiger partial charge in [0.15, 0.2) is 0 Å². The number of carbonyl (C=O) groups excluding carboxylic acids is 2. The van der Waals surface area contributed by atoms with E-state index in [1.807, 2.05) is 31.2 Å². The Morgan fingerprint density at radius 3 is 2.78 bits per heavy atom. The Kier molecular flexibility index (Phi) is 4.35. The Hall–Kier alpha value is -2.33. The molecule has 1 aliphatic heterocycles. The summed E-state index contributed by atoms with van der Waals surface area (Å²) in [6.45, 7) is 1.85. The van der Waals surface area contributed by atoms with E-state index >= 15 is 0 Å². The van der Waals surface area contributed by atoms with Gasteiger partial charge in [-0.15, -0.1) is 0 Å². The van der Waals surface area contributed by atoms with Crippen molar-refractivity contribution in [2.24, 2.45) is 0 Å². The van der Waals surface area contributed by atoms with Gasteiger partial charge in [0.25, 0.3) is 0 Å². The smallest absolute Gasteiger partial charge is 0.244 e. The maximum absolute atomic E-state index is 12.4. The number of hydrogen-bond acceptors (Lipinski definition) is 2. The average molecular weight is 329 g/mol. The van der Waals surface area contributed by atoms with Gasteiger partial charge in [-0.05, 0) is 42.7 Å². The lowest BCUT2D eigenvalue weighted by Gasteiger charge is -2.28. The van der Waals surface area contributed by atoms with Gasteiger partial charge in [0.05, 0.1) is 0 Å². The van der Waals surface area contributed by atoms with E-state index in [4.69, 9.17) is 11.6 Å². The quantitative estimate of drug-likeness (QED) is 0.936. The van der Waals surface area contributed by atoms with Crippen molar-refractivity contribution in [3.63, 3.8) is 0 Å². The van der Waals surface area contributed by atoms with Crippen LogP contribution in [0.2, 0.25) is 5.02 Å². The third kappa shape index (κ3) is 3.22. The molecule has 5 heteroatoms. The van der Waals surface area contributed by atoms with Crippen LogP contribution >= 0.6 is 11.6 Å². The summed E-state index contributed by atoms with van der Waals surface area (Å²) in [7, 11) is 0. The molecule has 0 saturated carbocycles. The SMILES string of the molecule is Cc1c(Cl)cccc1NC(=O)CN1C(=O)CCc2ccccc21. The molecule has 4 nitrogen and oxygen atoms in total. The highest BCUT2D eigenvalue weighted by molar-refractivity contribution is 6.31. The average Bonchev–Trinajstić information content (AvgIpc) is 2.54. The van der Waals surface area contributed by atoms with Gasteiger partial charge in [-0.25, -0.2) is 0 Å². The lowest BCUT2D eigenvalue weighted by Crippen LogP contribution is -2.40. The van der Waals surface area contributed by atoms with Gasteiger partial charge >= 0.3 is 0 Å². The minimum absolute atomic E-state index is 0.00179. The molecule has 0 aromatic heterocycles. The van der Waals surface area contributed by atoms with Gasteiger partial charge < -0.3 is 10.2 Å². The summed E-state index contributed by atoms with van der Waals surface area (Å²) in [5.41, 5.74) is 3.40. The van der Waals surface area contributed by atoms with E-state index in [0.717, 1.165) is 23.2 Å². The second-order valence-electron chi connectivity index (χ2n) is 5.57. The molecule has 0 atom stereocenters. The molecule has 2 aromatic rings. The molecule has 0 aliphatic carbocycles. The molecule has 2 amide bonds. The molecule has 23 heavy (non-hydrogen) atoms. The van der Waals surface area contributed by atoms with Crippen LogP contribution in [0.25, 0.3) is 0 Å². The van der Waals surface area contributed by atoms with E-state index in [1.165, 1.54) is 0 Å². The van der Waals surface area contributed by atoms with E-state index < -0.39 is 0 Å². The normalized spacial score (nSPS) is 13.7. The topological polar surface area (TPSA) is 49.4 Å². The van der Waals surface area contributed by atoms with E-state index in [1.54, 1.807) is 23.1 Å². The highest BCUT2D eigenvalue weighted by Gasteiger charge is 2.25. The number of rotatable bonds is 3. The predicted molar refractivity (Wildman–Crippen MR) is 91.9 cm³/mol. The Balaban J connectivity index is 1.78. The van der Waals surface area contributed by atoms with Crippen LogP contribution in [0.3, 0.4) is 0 Å². The van der Waals surface area contributed by atoms with Crippen LogP contribution in [-0.2, 0) is 16.0 Å². The summed E-state index contributed by atoms with van der Waals surface area (Å²) in [6, 6.07) is 13.1. The number of nitrogens with one attached hydrogen (secondary N) is 1. The minimum atomic E-state index is -0.236. The first-order valence-electron chi connectivity index (χ1n) is 7.49. The summed E-state index contributed by atoms with van der Waals surface area (Å²) in [6.07, 6.45) is 1.15. The molecular weight excluding hydrogens is 312 g/mol. The van der Waals surface area contributed by atoms with Gasteiger partial charge in [-0.2, -0.15) is 0 Å². The van der Waals surface area contributed by atoms with E-state index in [9.17, 15) is 9.59 Å². The van der Waals surface area contributed by atoms with Crippen LogP contribution in [0, 0.1) is 6.92 Å². The molecule has 0 spiro atoms. The number of nitrogens with zero attached hydrogens (tertiary/aromatic N) is 1. The van der Waals surface area contributed by atoms with Crippen LogP contribution in [0.15, 0.2) is 42.5 Å². The Morgan fingerprint density at radius 2 is 1.96 bits per heavy atom. The molecule has 0 fully saturated rings. The zero-order valence-corrected chi connectivity index (χ0v) is 13.6. The zero-order valence-electron chi connectivity index (χ0n) is 12.8. The molecule has 0 bridgehead atoms. The molecule has 1 aliphatic rings. The van der Waals surface area contributed by atoms with Gasteiger partial charge in [-0.3, -0.25) is 9.59 Å². The second kappa shape index (κ2) is 6.42. The fourth-order valence-electron chi connectivity index (χ4n) is 2.75. The van der Waals surface area contributed by atoms with Crippen molar-refractivity contribution in [1.29, 1.82) is 0 Å². The van der Waals surface area contributed by atoms with Crippen LogP contribution in [0.5, 0.6) is 0 Å². The van der Waals surface area contributed by atoms with Crippen molar-refractivity contribution >= 4 is 34.8 Å². The van der Waals surface area contributed by atoms with Crippen molar-refractivity contribution in [1.82, 2.24) is 0 Å². The molecule has 0 saturated heterocycles. The first-order chi connectivity index (χ1) is 11.1. The lowest BCUT2D eigenvalue weighted by atomic mass is 10.0. The van der Waals surface area contributed by atoms with Gasteiger partial charge in [-0.1, -0.05) is 35.9 Å². The van der Waals surface area contributed by atoms with Gasteiger partial charge in [0, 0.05) is 22.8 Å². The third-order valence-electron chi connectivity index (χ3n) is 4.04. The summed E-state index contributed by atoms with van der Waals surface area (Å²) in [5, 5.41) is 3.43. The minimum Gasteiger partial charge on any atom is -0.324 e. The number of hydrogen-bond donors (Lipinski definition) is 1. The van der Waals surface area contributed by atoms with Crippen LogP contribution < -0.4 is 10.2 Å². The maximum atomic E-state index is 12.4. The number of anilines is 2. The van der Waals surface area contributed by atoms with Crippen LogP contribution in [0.1, 0.15) is 17.5 Å². The van der Waals surface area contributed by atoms with Crippen molar-refractivity contribution in [3.8, 4) is 0 Å². The summed E-state index contributed by atoms with van der Waals surface area (Å²) < 4.78 is 0. The van der Waals surface area contributed by atoms with Crippen molar-refractivity contribution in [2.45, 2.75) is 19.8 Å². The monoisotopic (exact) mass is 328 g/mol. The molecule has 0 unspecified atom stereocenters. The molecule has 0 radical (unpaired) electrons. The number of amides is 2. The van der Waals surface area contributed by atoms with Gasteiger partial charge in [0.1, 0.15) is 6.54 Å². The van der Waals surface area contributed by atoms with E-state index in [-0.39, 0.29) is 18.4 Å². The maximum Gasteiger partial charge on any atom is 0.244 e. The van der Waals surface area contributed by atoms with Crippen molar-refractivity contribution in [2.75, 3.05) is 16.8 Å². The third-order valence-corrected chi connectivity index (χ3v) is 4.44. The van der Waals surface area contributed by atoms with Crippen molar-refractivity contribution in [3.05, 3.63) is 58.6 Å². The standard InChI is InChI=1S/C18H17ClN2O2/c1-12-14(19)6-4-7-15(12)20-17(22)11-21-16-8-3-2-5-13(16)9-10-18(21)23/h2-8H,9-11H2,1H3,(H,20,22). The van der Waals surface area contributed by atoms with E-state index in [0.29, 0.717) is 17.1 Å². The van der Waals surface area contributed by atoms with Crippen LogP contribution in [-0.4, -0.2) is 18.4 Å². The number of benzene rings is 2. The van der Waals surface area contributed by atoms with Crippen molar-refractivity contribution < 1.29 is 9.59 Å². The molecule has 118 valence electrons. The number of halogens is 1. The molecule has 1 N–H and O–H groups in total. The Labute approximate surface area is 140 Å². The summed E-state index contributed by atoms with van der Waals surface area (Å²) in [5.74, 6) is -0.262. The molecule has 2 aromatic carbocycles. The zero-order chi connectivity index (χ0) is 16.4. The van der Waals surface area contributed by atoms with Gasteiger partial charge in [0.2, 0.25) is 11.8 Å². The molecule has 3 rings (SSSR count). The first kappa shape index (κ1) is 15.6. The van der Waals surface area contributed by atoms with Crippen LogP contribution in [0.4, 0.5) is 11.4 Å². The highest BCUT2D eigenvalue weighted by Crippen LogP contribution is 2.27. The second-order valence-corrected chi connectivity index (χ2v) is 5.98. The molecular formula is C18H17ClN2O2. The number of aryl methyl sites for hydroxylation is 1. The lowest BCUT2D eigenvalue weighted by molar-refractivity contribution is -0.121. The fraction of sp³-hybridized carbons (Fsp3) is 0.222. The number of carbonyl (C=O) groups is 2. The Morgan fingerprint density at radius 1 is 1.17 bits per heavy atom.